The Morgan fingerprint density at radius 1 is 0.512 bits per heavy atom. The second-order valence-corrected chi connectivity index (χ2v) is 27.8. The number of fused-ring (bicyclic) bond motifs is 4. The first-order chi connectivity index (χ1) is 58.5. The van der Waals surface area contributed by atoms with E-state index in [0.29, 0.717) is 60.3 Å². The van der Waals surface area contributed by atoms with E-state index in [4.69, 9.17) is 36.7 Å². The maximum absolute atomic E-state index is 15.0. The molecule has 4 fully saturated rings. The fourth-order valence-corrected chi connectivity index (χ4v) is 12.6. The molecule has 0 saturated heterocycles. The van der Waals surface area contributed by atoms with E-state index in [0.717, 1.165) is 51.3 Å². The number of ether oxygens (including phenoxy) is 4. The zero-order valence-electron chi connectivity index (χ0n) is 66.6. The van der Waals surface area contributed by atoms with E-state index in [1.54, 1.807) is 26.0 Å². The average Bonchev–Trinajstić information content (AvgIpc) is 1.09. The van der Waals surface area contributed by atoms with Crippen molar-refractivity contribution >= 4 is 58.0 Å². The molecule has 0 bridgehead atoms. The third kappa shape index (κ3) is 21.9. The number of nitrogens with one attached hydrogen (secondary N) is 2. The van der Waals surface area contributed by atoms with Gasteiger partial charge in [-0.2, -0.15) is 19.6 Å². The second-order valence-electron chi connectivity index (χ2n) is 27.5. The number of aromatic carboxylic acids is 1. The van der Waals surface area contributed by atoms with Crippen LogP contribution < -0.4 is 39.4 Å². The van der Waals surface area contributed by atoms with Gasteiger partial charge in [0.2, 0.25) is 0 Å². The average molecular weight is 1700 g/mol. The number of tetrazole rings is 6. The van der Waals surface area contributed by atoms with Crippen molar-refractivity contribution in [3.8, 4) is 22.9 Å². The first-order valence-corrected chi connectivity index (χ1v) is 38.3. The van der Waals surface area contributed by atoms with Gasteiger partial charge in [-0.05, 0) is 201 Å². The van der Waals surface area contributed by atoms with Crippen molar-refractivity contribution in [1.29, 1.82) is 0 Å². The predicted molar refractivity (Wildman–Crippen MR) is 418 cm³/mol. The molecule has 49 heteroatoms. The molecule has 14 aromatic heterocycles. The molecule has 16 aromatic rings. The number of halogens is 3. The Labute approximate surface area is 710 Å². The van der Waals surface area contributed by atoms with E-state index in [-0.39, 0.29) is 96.4 Å². The van der Waals surface area contributed by atoms with Gasteiger partial charge in [0.25, 0.3) is 29.2 Å². The van der Waals surface area contributed by atoms with Gasteiger partial charge in [0.1, 0.15) is 54.9 Å². The Kier molecular flexibility index (Phi) is 28.8. The summed E-state index contributed by atoms with van der Waals surface area (Å²) in [5.41, 5.74) is 19.0. The first kappa shape index (κ1) is 88.0. The normalized spacial score (nSPS) is 13.0. The summed E-state index contributed by atoms with van der Waals surface area (Å²) in [5.74, 6) is -1.10. The molecule has 8 N–H and O–H groups in total. The number of hydrogen-bond donors (Lipinski definition) is 4. The van der Waals surface area contributed by atoms with E-state index in [1.165, 1.54) is 136 Å². The number of nitrogens with two attached hydrogens (primary N) is 1. The Morgan fingerprint density at radius 3 is 1.26 bits per heavy atom. The maximum atomic E-state index is 15.0. The number of methoxy groups -OCH3 is 2. The smallest absolute Gasteiger partial charge is 0.870 e. The van der Waals surface area contributed by atoms with Crippen LogP contribution >= 0.6 is 11.6 Å². The minimum atomic E-state index is -1.19. The van der Waals surface area contributed by atoms with Crippen LogP contribution in [0.4, 0.5) is 8.78 Å². The Bertz CT molecular complexity index is 6260. The van der Waals surface area contributed by atoms with Crippen LogP contribution in [0.5, 0.6) is 11.5 Å². The number of aromatic nitrogens is 32. The molecule has 4 aliphatic carbocycles. The van der Waals surface area contributed by atoms with Gasteiger partial charge >= 0.3 is 36.8 Å². The van der Waals surface area contributed by atoms with Crippen LogP contribution in [-0.4, -0.2) is 227 Å². The molecule has 1 amide bonds. The summed E-state index contributed by atoms with van der Waals surface area (Å²) >= 11 is 5.74. The molecule has 4 saturated carbocycles. The van der Waals surface area contributed by atoms with Crippen molar-refractivity contribution in [2.45, 2.75) is 127 Å². The number of carboxylic acids is 1. The fraction of sp³-hybridized carbons (Fsp3) is 0.324. The topological polar surface area (TPSA) is 567 Å². The third-order valence-electron chi connectivity index (χ3n) is 19.0. The zero-order chi connectivity index (χ0) is 83.3. The van der Waals surface area contributed by atoms with Crippen molar-refractivity contribution < 1.29 is 81.8 Å². The maximum Gasteiger partial charge on any atom is 1.00 e. The van der Waals surface area contributed by atoms with Gasteiger partial charge in [0, 0.05) is 73.8 Å². The minimum absolute atomic E-state index is 0. The van der Waals surface area contributed by atoms with E-state index in [9.17, 15) is 28.0 Å². The van der Waals surface area contributed by atoms with Gasteiger partial charge in [0.05, 0.1) is 67.5 Å². The van der Waals surface area contributed by atoms with Crippen LogP contribution in [-0.2, 0) is 48.1 Å². The van der Waals surface area contributed by atoms with Gasteiger partial charge in [-0.3, -0.25) is 4.79 Å². The molecule has 4 aliphatic rings. The Balaban J connectivity index is 0.000000140. The number of H-pyrrole nitrogens is 1. The van der Waals surface area contributed by atoms with Crippen LogP contribution in [0.3, 0.4) is 0 Å². The van der Waals surface area contributed by atoms with Crippen molar-refractivity contribution in [2.75, 3.05) is 27.4 Å². The van der Waals surface area contributed by atoms with Crippen molar-refractivity contribution in [3.05, 3.63) is 226 Å². The number of carboxylic acid groups (broad SMARTS) is 1. The summed E-state index contributed by atoms with van der Waals surface area (Å²) in [6.45, 7) is 4.78. The number of aromatic amines is 1. The molecule has 20 rings (SSSR count). The Hall–Kier alpha value is -14.3. The number of rotatable bonds is 24. The molecule has 0 atom stereocenters. The largest absolute Gasteiger partial charge is 1.00 e. The fourth-order valence-electron chi connectivity index (χ4n) is 12.5. The molecule has 0 spiro atoms. The third-order valence-corrected chi connectivity index (χ3v) is 19.3. The zero-order valence-corrected chi connectivity index (χ0v) is 67.3. The molecule has 2 aromatic carbocycles. The van der Waals surface area contributed by atoms with E-state index in [1.807, 2.05) is 56.2 Å². The van der Waals surface area contributed by atoms with Crippen LogP contribution in [0.2, 0.25) is 0 Å². The van der Waals surface area contributed by atoms with Gasteiger partial charge in [-0.25, -0.2) is 52.5 Å². The molecular formula is C74H78ClF2LiN34O11. The monoisotopic (exact) mass is 1700 g/mol. The number of pyridine rings is 4. The number of alkyl halides is 1. The predicted octanol–water partition coefficient (Wildman–Crippen LogP) is 2.27. The summed E-state index contributed by atoms with van der Waals surface area (Å²) in [4.78, 5) is 67.5. The van der Waals surface area contributed by atoms with Crippen LogP contribution in [0, 0.1) is 11.6 Å². The standard InChI is InChI=1S/C22H20FN11O2.C15H16N6O2.C13H12N6O2.C11H11ClN2.C9H10FN5O.C4H6N4O2.Li.2H2O/c1-36-18-6-5-17(33-12-25-29-31-33)16(20(18)23)8-24-22(35)21-27-30-34(28-21)11-15-10-32-9-14(13-2-3-13)4-7-19(32)26-15;1-2-23-15(22)14-17-19-21(18-14)9-12-8-20-7-11(10-3-4-10)5-6-13(20)16-12;20-13(21)12-15-17-19(16-12)7-10-6-18-5-9(8-1-2-8)3-4-11(18)14-10;12-5-10-7-14-6-9(8-1-2-8)3-4-11(14)13-10;1-16-8-3-2-7(6(4-11)9(8)10)15-5-12-13-14-15;1-2-10-4(9)3-5-7-8-6-3;;;/h4-7,9-10,12-13H,2-3,8,11H2,1H3,(H,24,35);5-8,10H,2-4,9H2,1H3;3-6,8H,1-2,7H2,(H,20,21);3-4,6-8H,1-2,5H2;2-3,5H,4,11H2,1H3;2H2,1H3,(H,5,6,7,8);;2*1H2/q;;;;;;+1;;/p-1. The number of amides is 1. The number of carbonyl (C=O) groups excluding carboxylic acids is 3. The van der Waals surface area contributed by atoms with Gasteiger partial charge in [0.15, 0.2) is 23.1 Å². The van der Waals surface area contributed by atoms with Crippen molar-refractivity contribution in [1.82, 2.24) is 165 Å². The summed E-state index contributed by atoms with van der Waals surface area (Å²) < 4.78 is 58.8. The molecule has 14 heterocycles. The molecule has 0 unspecified atom stereocenters. The van der Waals surface area contributed by atoms with Gasteiger partial charge in [-0.1, -0.05) is 24.3 Å². The second kappa shape index (κ2) is 40.2. The number of nitrogens with zero attached hydrogens (tertiary/aromatic N) is 31. The summed E-state index contributed by atoms with van der Waals surface area (Å²) in [6, 6.07) is 22.8. The summed E-state index contributed by atoms with van der Waals surface area (Å²) in [5, 5.41) is 79.6. The minimum Gasteiger partial charge on any atom is -0.870 e. The number of imidazole rings is 4. The molecular weight excluding hydrogens is 1620 g/mol. The SMILES string of the molecule is CCOC(=O)c1nn[nH]n1.CCOC(=O)c1nnn(Cc2cn3cc(C4CC4)ccc3n2)n1.COc1ccc(-n2cnnn2)c(CN)c1F.COc1ccc(-n2cnnn2)c(CNC(=O)c2nnn(Cc3cn4cc(C5CC5)ccc4n3)n2)c1F.ClCc1cn2cc(C3CC3)ccc2n1.O.O=C(O)c1nnn(Cc2cn3cc(C4CC4)ccc3n2)n1.[Li+].[OH-]. The van der Waals surface area contributed by atoms with Gasteiger partial charge in [-0.15, -0.1) is 62.6 Å². The number of hydrogen-bond acceptors (Lipinski definition) is 32. The number of esters is 2. The number of benzene rings is 2. The molecule has 45 nitrogen and oxygen atoms in total. The summed E-state index contributed by atoms with van der Waals surface area (Å²) in [7, 11) is 2.75. The van der Waals surface area contributed by atoms with Crippen LogP contribution in [0.1, 0.15) is 188 Å². The molecule has 632 valence electrons. The summed E-state index contributed by atoms with van der Waals surface area (Å²) in [6.07, 6.45) is 29.2. The molecule has 0 aliphatic heterocycles. The molecule has 123 heavy (non-hydrogen) atoms. The van der Waals surface area contributed by atoms with Gasteiger partial charge < -0.3 is 63.7 Å². The van der Waals surface area contributed by atoms with Crippen LogP contribution in [0.15, 0.2) is 135 Å². The van der Waals surface area contributed by atoms with E-state index >= 15 is 0 Å². The first-order valence-electron chi connectivity index (χ1n) is 37.8. The van der Waals surface area contributed by atoms with E-state index in [2.05, 4.69) is 187 Å². The van der Waals surface area contributed by atoms with Crippen molar-refractivity contribution in [3.63, 3.8) is 0 Å². The van der Waals surface area contributed by atoms with E-state index < -0.39 is 35.4 Å². The quantitative estimate of drug-likeness (QED) is 0.0383. The number of carbonyl (C=O) groups is 4. The molecule has 0 radical (unpaired) electrons. The van der Waals surface area contributed by atoms with Crippen LogP contribution in [0.25, 0.3) is 34.0 Å². The Morgan fingerprint density at radius 2 is 0.894 bits per heavy atom. The van der Waals surface area contributed by atoms with Crippen molar-refractivity contribution in [2.24, 2.45) is 5.73 Å².